The van der Waals surface area contributed by atoms with Crippen LogP contribution in [0.25, 0.3) is 11.1 Å². The van der Waals surface area contributed by atoms with Crippen molar-refractivity contribution in [2.45, 2.75) is 13.5 Å². The summed E-state index contributed by atoms with van der Waals surface area (Å²) in [6.07, 6.45) is 7.85. The number of hydrogen-bond acceptors (Lipinski definition) is 4. The van der Waals surface area contributed by atoms with Crippen LogP contribution in [0.3, 0.4) is 0 Å². The maximum Gasteiger partial charge on any atom is 0.252 e. The highest BCUT2D eigenvalue weighted by Crippen LogP contribution is 2.14. The first kappa shape index (κ1) is 18.5. The van der Waals surface area contributed by atoms with E-state index in [9.17, 15) is 0 Å². The van der Waals surface area contributed by atoms with Crippen molar-refractivity contribution in [3.8, 4) is 11.1 Å². The molecular weight excluding hydrogens is 308 g/mol. The smallest absolute Gasteiger partial charge is 0.252 e. The van der Waals surface area contributed by atoms with Gasteiger partial charge in [0.1, 0.15) is 12.4 Å². The molecule has 2 heterocycles. The van der Waals surface area contributed by atoms with Gasteiger partial charge in [0.05, 0.1) is 26.4 Å². The number of aromatic nitrogens is 2. The SMILES string of the molecule is COCCOC[n+]1c[c-]c(-c2cc[n+](COCCOC)cc2)cc1. The fourth-order valence-electron chi connectivity index (χ4n) is 2.02. The van der Waals surface area contributed by atoms with Crippen LogP contribution in [0, 0.1) is 6.07 Å². The minimum atomic E-state index is 0.494. The zero-order valence-electron chi connectivity index (χ0n) is 14.3. The maximum absolute atomic E-state index is 5.48. The first-order valence-electron chi connectivity index (χ1n) is 7.87. The molecule has 0 aliphatic heterocycles. The summed E-state index contributed by atoms with van der Waals surface area (Å²) in [6.45, 7) is 3.38. The van der Waals surface area contributed by atoms with Crippen LogP contribution in [-0.4, -0.2) is 40.6 Å². The van der Waals surface area contributed by atoms with Crippen molar-refractivity contribution in [3.05, 3.63) is 49.1 Å². The number of rotatable bonds is 11. The topological polar surface area (TPSA) is 44.7 Å². The largest absolute Gasteiger partial charge is 0.382 e. The molecule has 0 atom stereocenters. The minimum Gasteiger partial charge on any atom is -0.382 e. The molecule has 0 amide bonds. The van der Waals surface area contributed by atoms with Crippen LogP contribution >= 0.6 is 0 Å². The molecule has 2 aromatic rings. The van der Waals surface area contributed by atoms with E-state index in [0.29, 0.717) is 39.9 Å². The van der Waals surface area contributed by atoms with E-state index in [1.807, 2.05) is 52.1 Å². The number of hydrogen-bond donors (Lipinski definition) is 0. The summed E-state index contributed by atoms with van der Waals surface area (Å²) < 4.78 is 24.8. The van der Waals surface area contributed by atoms with Gasteiger partial charge in [-0.05, 0) is 12.1 Å². The Morgan fingerprint density at radius 1 is 0.792 bits per heavy atom. The molecule has 6 nitrogen and oxygen atoms in total. The normalized spacial score (nSPS) is 10.9. The summed E-state index contributed by atoms with van der Waals surface area (Å²) in [7, 11) is 3.32. The van der Waals surface area contributed by atoms with Crippen LogP contribution < -0.4 is 9.13 Å². The van der Waals surface area contributed by atoms with E-state index in [1.54, 1.807) is 14.2 Å². The summed E-state index contributed by atoms with van der Waals surface area (Å²) in [5.74, 6) is 0. The minimum absolute atomic E-state index is 0.494. The highest BCUT2D eigenvalue weighted by molar-refractivity contribution is 5.60. The second-order valence-corrected chi connectivity index (χ2v) is 5.18. The second-order valence-electron chi connectivity index (χ2n) is 5.18. The van der Waals surface area contributed by atoms with Crippen LogP contribution in [0.2, 0.25) is 0 Å². The van der Waals surface area contributed by atoms with Gasteiger partial charge in [-0.2, -0.15) is 10.1 Å². The van der Waals surface area contributed by atoms with Crippen LogP contribution in [0.1, 0.15) is 0 Å². The van der Waals surface area contributed by atoms with Crippen molar-refractivity contribution in [1.29, 1.82) is 0 Å². The number of ether oxygens (including phenoxy) is 4. The average Bonchev–Trinajstić information content (AvgIpc) is 2.64. The molecule has 6 heteroatoms. The van der Waals surface area contributed by atoms with Gasteiger partial charge >= 0.3 is 0 Å². The van der Waals surface area contributed by atoms with E-state index < -0.39 is 0 Å². The first-order chi connectivity index (χ1) is 11.8. The van der Waals surface area contributed by atoms with Crippen molar-refractivity contribution >= 4 is 0 Å². The molecule has 0 aromatic carbocycles. The molecule has 0 fully saturated rings. The second kappa shape index (κ2) is 10.8. The monoisotopic (exact) mass is 333 g/mol. The van der Waals surface area contributed by atoms with E-state index in [-0.39, 0.29) is 0 Å². The van der Waals surface area contributed by atoms with Gasteiger partial charge in [-0.1, -0.05) is 6.07 Å². The Balaban J connectivity index is 1.84. The van der Waals surface area contributed by atoms with E-state index in [1.165, 1.54) is 0 Å². The third-order valence-electron chi connectivity index (χ3n) is 3.37. The lowest BCUT2D eigenvalue weighted by Gasteiger charge is -2.09. The molecule has 0 spiro atoms. The molecule has 0 unspecified atom stereocenters. The van der Waals surface area contributed by atoms with Crippen molar-refractivity contribution in [2.24, 2.45) is 0 Å². The molecule has 2 rings (SSSR count). The third kappa shape index (κ3) is 6.33. The summed E-state index contributed by atoms with van der Waals surface area (Å²) in [5, 5.41) is 0. The Kier molecular flexibility index (Phi) is 8.34. The van der Waals surface area contributed by atoms with Crippen LogP contribution in [-0.2, 0) is 32.4 Å². The predicted molar refractivity (Wildman–Crippen MR) is 86.8 cm³/mol. The molecule has 0 N–H and O–H groups in total. The molecule has 0 bridgehead atoms. The third-order valence-corrected chi connectivity index (χ3v) is 3.37. The molecule has 2 aromatic heterocycles. The van der Waals surface area contributed by atoms with Crippen LogP contribution in [0.5, 0.6) is 0 Å². The fraction of sp³-hybridized carbons (Fsp3) is 0.444. The Morgan fingerprint density at radius 3 is 1.92 bits per heavy atom. The van der Waals surface area contributed by atoms with Gasteiger partial charge in [0.15, 0.2) is 12.4 Å². The van der Waals surface area contributed by atoms with Gasteiger partial charge in [0, 0.05) is 14.2 Å². The number of pyridine rings is 2. The lowest BCUT2D eigenvalue weighted by atomic mass is 10.1. The van der Waals surface area contributed by atoms with Gasteiger partial charge < -0.3 is 18.9 Å². The van der Waals surface area contributed by atoms with Gasteiger partial charge in [-0.3, -0.25) is 0 Å². The zero-order chi connectivity index (χ0) is 17.0. The number of methoxy groups -OCH3 is 2. The standard InChI is InChI=1S/C18H25N2O4/c1-21-11-13-23-15-19-7-3-17(4-8-19)18-5-9-20(10-6-18)16-24-14-12-22-2/h3-5,7-10H,11-16H2,1-2H3/q+1. The van der Waals surface area contributed by atoms with Gasteiger partial charge in [0.25, 0.3) is 13.5 Å². The van der Waals surface area contributed by atoms with Crippen molar-refractivity contribution < 1.29 is 28.1 Å². The van der Waals surface area contributed by atoms with E-state index in [2.05, 4.69) is 6.07 Å². The van der Waals surface area contributed by atoms with Gasteiger partial charge in [0.2, 0.25) is 0 Å². The lowest BCUT2D eigenvalue weighted by molar-refractivity contribution is -0.733. The zero-order valence-corrected chi connectivity index (χ0v) is 14.3. The lowest BCUT2D eigenvalue weighted by Crippen LogP contribution is -2.35. The summed E-state index contributed by atoms with van der Waals surface area (Å²) >= 11 is 0. The highest BCUT2D eigenvalue weighted by atomic mass is 16.5. The highest BCUT2D eigenvalue weighted by Gasteiger charge is 2.00. The average molecular weight is 333 g/mol. The van der Waals surface area contributed by atoms with Gasteiger partial charge in [-0.15, -0.1) is 11.6 Å². The Hall–Kier alpha value is -1.86. The Labute approximate surface area is 143 Å². The molecule has 24 heavy (non-hydrogen) atoms. The van der Waals surface area contributed by atoms with E-state index in [0.717, 1.165) is 11.1 Å². The molecule has 0 radical (unpaired) electrons. The van der Waals surface area contributed by atoms with Crippen molar-refractivity contribution in [2.75, 3.05) is 40.6 Å². The Morgan fingerprint density at radius 2 is 1.38 bits per heavy atom. The van der Waals surface area contributed by atoms with Crippen LogP contribution in [0.15, 0.2) is 43.0 Å². The molecular formula is C18H25N2O4+. The van der Waals surface area contributed by atoms with Crippen molar-refractivity contribution in [1.82, 2.24) is 0 Å². The molecule has 0 aliphatic rings. The maximum atomic E-state index is 5.48. The summed E-state index contributed by atoms with van der Waals surface area (Å²) in [4.78, 5) is 0. The quantitative estimate of drug-likeness (QED) is 0.349. The van der Waals surface area contributed by atoms with Crippen LogP contribution in [0.4, 0.5) is 0 Å². The molecule has 130 valence electrons. The van der Waals surface area contributed by atoms with E-state index in [4.69, 9.17) is 18.9 Å². The predicted octanol–water partition coefficient (Wildman–Crippen LogP) is 0.970. The molecule has 0 saturated heterocycles. The molecule has 0 saturated carbocycles. The Bertz CT molecular complexity index is 519. The van der Waals surface area contributed by atoms with Gasteiger partial charge in [-0.25, -0.2) is 4.57 Å². The number of nitrogens with zero attached hydrogens (tertiary/aromatic N) is 2. The summed E-state index contributed by atoms with van der Waals surface area (Å²) in [6, 6.07) is 9.38. The first-order valence-corrected chi connectivity index (χ1v) is 7.87. The van der Waals surface area contributed by atoms with E-state index >= 15 is 0 Å². The fourth-order valence-corrected chi connectivity index (χ4v) is 2.02. The van der Waals surface area contributed by atoms with Crippen molar-refractivity contribution in [3.63, 3.8) is 0 Å². The summed E-state index contributed by atoms with van der Waals surface area (Å²) in [5.41, 5.74) is 2.14. The molecule has 0 aliphatic carbocycles.